The van der Waals surface area contributed by atoms with Crippen LogP contribution >= 0.6 is 0 Å². The highest BCUT2D eigenvalue weighted by Gasteiger charge is 2.11. The Hall–Kier alpha value is -0.460. The molecular formula is C9H17N. The van der Waals surface area contributed by atoms with E-state index in [0.29, 0.717) is 0 Å². The van der Waals surface area contributed by atoms with Crippen LogP contribution in [0.1, 0.15) is 32.6 Å². The van der Waals surface area contributed by atoms with Crippen LogP contribution in [-0.4, -0.2) is 18.0 Å². The molecule has 0 N–H and O–H groups in total. The highest BCUT2D eigenvalue weighted by atomic mass is 15.1. The summed E-state index contributed by atoms with van der Waals surface area (Å²) >= 11 is 0. The first-order chi connectivity index (χ1) is 4.84. The predicted molar refractivity (Wildman–Crippen MR) is 44.9 cm³/mol. The van der Waals surface area contributed by atoms with Crippen molar-refractivity contribution in [1.82, 2.24) is 4.90 Å². The summed E-state index contributed by atoms with van der Waals surface area (Å²) in [5, 5.41) is 0. The van der Waals surface area contributed by atoms with Gasteiger partial charge in [0.1, 0.15) is 0 Å². The zero-order valence-corrected chi connectivity index (χ0v) is 6.90. The standard InChI is InChI=1S/C9H17N/c1-3-6-9(2)10-7-4-5-8-10/h2-8H2,1H3. The lowest BCUT2D eigenvalue weighted by atomic mass is 10.2. The molecule has 0 bridgehead atoms. The number of likely N-dealkylation sites (tertiary alicyclic amines) is 1. The molecule has 0 aromatic rings. The van der Waals surface area contributed by atoms with Gasteiger partial charge in [0.05, 0.1) is 0 Å². The molecule has 1 nitrogen and oxygen atoms in total. The van der Waals surface area contributed by atoms with Crippen LogP contribution in [-0.2, 0) is 0 Å². The van der Waals surface area contributed by atoms with E-state index in [4.69, 9.17) is 0 Å². The lowest BCUT2D eigenvalue weighted by molar-refractivity contribution is 0.409. The quantitative estimate of drug-likeness (QED) is 0.580. The first kappa shape index (κ1) is 7.64. The molecule has 1 rings (SSSR count). The van der Waals surface area contributed by atoms with Gasteiger partial charge in [0.15, 0.2) is 0 Å². The molecule has 0 amide bonds. The van der Waals surface area contributed by atoms with Crippen LogP contribution in [0.5, 0.6) is 0 Å². The summed E-state index contributed by atoms with van der Waals surface area (Å²) in [7, 11) is 0. The van der Waals surface area contributed by atoms with Crippen molar-refractivity contribution >= 4 is 0 Å². The minimum absolute atomic E-state index is 1.18. The first-order valence-corrected chi connectivity index (χ1v) is 4.27. The fraction of sp³-hybridized carbons (Fsp3) is 0.778. The average Bonchev–Trinajstić information content (AvgIpc) is 2.38. The number of nitrogens with zero attached hydrogens (tertiary/aromatic N) is 1. The largest absolute Gasteiger partial charge is 0.375 e. The molecule has 1 aliphatic heterocycles. The molecule has 0 aliphatic carbocycles. The van der Waals surface area contributed by atoms with Gasteiger partial charge in [-0.15, -0.1) is 0 Å². The number of rotatable bonds is 3. The molecule has 10 heavy (non-hydrogen) atoms. The van der Waals surface area contributed by atoms with E-state index in [9.17, 15) is 0 Å². The smallest absolute Gasteiger partial charge is 0.0175 e. The van der Waals surface area contributed by atoms with Crippen molar-refractivity contribution in [3.8, 4) is 0 Å². The third-order valence-corrected chi connectivity index (χ3v) is 2.09. The van der Waals surface area contributed by atoms with E-state index < -0.39 is 0 Å². The van der Waals surface area contributed by atoms with Gasteiger partial charge in [-0.1, -0.05) is 19.9 Å². The normalized spacial score (nSPS) is 17.9. The highest BCUT2D eigenvalue weighted by molar-refractivity contribution is 4.95. The SMILES string of the molecule is C=C(CCC)N1CCCC1. The van der Waals surface area contributed by atoms with E-state index in [1.54, 1.807) is 0 Å². The molecule has 1 aliphatic rings. The Kier molecular flexibility index (Phi) is 2.79. The molecular weight excluding hydrogens is 122 g/mol. The Morgan fingerprint density at radius 1 is 1.40 bits per heavy atom. The maximum Gasteiger partial charge on any atom is 0.0175 e. The van der Waals surface area contributed by atoms with Crippen molar-refractivity contribution in [3.05, 3.63) is 12.3 Å². The van der Waals surface area contributed by atoms with E-state index in [0.717, 1.165) is 0 Å². The van der Waals surface area contributed by atoms with Gasteiger partial charge in [0, 0.05) is 18.8 Å². The molecule has 1 heterocycles. The summed E-state index contributed by atoms with van der Waals surface area (Å²) in [5.74, 6) is 0. The van der Waals surface area contributed by atoms with Crippen molar-refractivity contribution in [2.75, 3.05) is 13.1 Å². The van der Waals surface area contributed by atoms with Gasteiger partial charge >= 0.3 is 0 Å². The van der Waals surface area contributed by atoms with Gasteiger partial charge in [-0.05, 0) is 19.3 Å². The summed E-state index contributed by atoms with van der Waals surface area (Å²) in [5.41, 5.74) is 1.35. The molecule has 58 valence electrons. The van der Waals surface area contributed by atoms with Crippen LogP contribution < -0.4 is 0 Å². The van der Waals surface area contributed by atoms with Crippen LogP contribution in [0.3, 0.4) is 0 Å². The van der Waals surface area contributed by atoms with Crippen molar-refractivity contribution in [2.24, 2.45) is 0 Å². The molecule has 0 aromatic carbocycles. The Morgan fingerprint density at radius 3 is 2.50 bits per heavy atom. The van der Waals surface area contributed by atoms with E-state index in [-0.39, 0.29) is 0 Å². The van der Waals surface area contributed by atoms with Gasteiger partial charge < -0.3 is 4.90 Å². The van der Waals surface area contributed by atoms with Crippen LogP contribution in [0.2, 0.25) is 0 Å². The van der Waals surface area contributed by atoms with Gasteiger partial charge in [0.25, 0.3) is 0 Å². The topological polar surface area (TPSA) is 3.24 Å². The summed E-state index contributed by atoms with van der Waals surface area (Å²) in [6.07, 6.45) is 5.14. The van der Waals surface area contributed by atoms with E-state index >= 15 is 0 Å². The van der Waals surface area contributed by atoms with Gasteiger partial charge in [-0.25, -0.2) is 0 Å². The third-order valence-electron chi connectivity index (χ3n) is 2.09. The van der Waals surface area contributed by atoms with Crippen LogP contribution in [0.25, 0.3) is 0 Å². The zero-order chi connectivity index (χ0) is 7.40. The zero-order valence-electron chi connectivity index (χ0n) is 6.90. The second-order valence-corrected chi connectivity index (χ2v) is 3.01. The number of hydrogen-bond acceptors (Lipinski definition) is 1. The van der Waals surface area contributed by atoms with Crippen molar-refractivity contribution < 1.29 is 0 Å². The fourth-order valence-electron chi connectivity index (χ4n) is 1.48. The van der Waals surface area contributed by atoms with Gasteiger partial charge in [0.2, 0.25) is 0 Å². The molecule has 0 radical (unpaired) electrons. The maximum absolute atomic E-state index is 4.05. The molecule has 0 saturated carbocycles. The number of allylic oxidation sites excluding steroid dienone is 1. The monoisotopic (exact) mass is 139 g/mol. The van der Waals surface area contributed by atoms with Crippen LogP contribution in [0.4, 0.5) is 0 Å². The summed E-state index contributed by atoms with van der Waals surface area (Å²) in [6, 6.07) is 0. The molecule has 0 unspecified atom stereocenters. The molecule has 1 heteroatoms. The van der Waals surface area contributed by atoms with Crippen LogP contribution in [0, 0.1) is 0 Å². The predicted octanol–water partition coefficient (Wildman–Crippen LogP) is 2.40. The fourth-order valence-corrected chi connectivity index (χ4v) is 1.48. The lowest BCUT2D eigenvalue weighted by Crippen LogP contribution is -2.17. The third kappa shape index (κ3) is 1.76. The Balaban J connectivity index is 2.25. The molecule has 1 saturated heterocycles. The summed E-state index contributed by atoms with van der Waals surface area (Å²) in [6.45, 7) is 8.76. The molecule has 0 atom stereocenters. The average molecular weight is 139 g/mol. The second-order valence-electron chi connectivity index (χ2n) is 3.01. The first-order valence-electron chi connectivity index (χ1n) is 4.27. The van der Waals surface area contributed by atoms with Crippen molar-refractivity contribution in [1.29, 1.82) is 0 Å². The summed E-state index contributed by atoms with van der Waals surface area (Å²) < 4.78 is 0. The van der Waals surface area contributed by atoms with Crippen molar-refractivity contribution in [2.45, 2.75) is 32.6 Å². The lowest BCUT2D eigenvalue weighted by Gasteiger charge is -2.19. The van der Waals surface area contributed by atoms with E-state index in [1.807, 2.05) is 0 Å². The molecule has 0 aromatic heterocycles. The van der Waals surface area contributed by atoms with Gasteiger partial charge in [-0.3, -0.25) is 0 Å². The Labute approximate surface area is 63.7 Å². The van der Waals surface area contributed by atoms with Gasteiger partial charge in [-0.2, -0.15) is 0 Å². The van der Waals surface area contributed by atoms with E-state index in [1.165, 1.54) is 44.5 Å². The van der Waals surface area contributed by atoms with E-state index in [2.05, 4.69) is 18.4 Å². The summed E-state index contributed by atoms with van der Waals surface area (Å²) in [4.78, 5) is 2.42. The minimum Gasteiger partial charge on any atom is -0.375 e. The Morgan fingerprint density at radius 2 is 2.00 bits per heavy atom. The molecule has 1 fully saturated rings. The maximum atomic E-state index is 4.05. The highest BCUT2D eigenvalue weighted by Crippen LogP contribution is 2.16. The van der Waals surface area contributed by atoms with Crippen molar-refractivity contribution in [3.63, 3.8) is 0 Å². The number of hydrogen-bond donors (Lipinski definition) is 0. The molecule has 0 spiro atoms. The Bertz CT molecular complexity index is 112. The van der Waals surface area contributed by atoms with Crippen LogP contribution in [0.15, 0.2) is 12.3 Å². The minimum atomic E-state index is 1.18. The second kappa shape index (κ2) is 3.65.